The van der Waals surface area contributed by atoms with Crippen molar-refractivity contribution in [1.29, 1.82) is 0 Å². The second-order valence-electron chi connectivity index (χ2n) is 7.26. The zero-order chi connectivity index (χ0) is 21.4. The predicted molar refractivity (Wildman–Crippen MR) is 108 cm³/mol. The molecule has 1 aromatic rings. The summed E-state index contributed by atoms with van der Waals surface area (Å²) >= 11 is 0. The molecule has 28 heavy (non-hydrogen) atoms. The molecule has 0 aliphatic rings. The van der Waals surface area contributed by atoms with Crippen molar-refractivity contribution in [1.82, 2.24) is 5.32 Å². The van der Waals surface area contributed by atoms with Gasteiger partial charge in [-0.3, -0.25) is 4.79 Å². The molecule has 0 heterocycles. The second kappa shape index (κ2) is 10.1. The molecule has 0 spiro atoms. The van der Waals surface area contributed by atoms with Crippen LogP contribution in [0.5, 0.6) is 0 Å². The summed E-state index contributed by atoms with van der Waals surface area (Å²) in [5.41, 5.74) is -0.366. The minimum Gasteiger partial charge on any atom is -0.464 e. The van der Waals surface area contributed by atoms with Gasteiger partial charge in [0.05, 0.1) is 13.2 Å². The minimum atomic E-state index is -1.92. The van der Waals surface area contributed by atoms with Crippen molar-refractivity contribution in [2.75, 3.05) is 18.5 Å². The van der Waals surface area contributed by atoms with Crippen LogP contribution < -0.4 is 10.6 Å². The summed E-state index contributed by atoms with van der Waals surface area (Å²) in [5.74, 6) is -2.19. The van der Waals surface area contributed by atoms with Crippen LogP contribution in [0.3, 0.4) is 0 Å². The fraction of sp³-hybridized carbons (Fsp3) is 0.571. The van der Waals surface area contributed by atoms with Gasteiger partial charge in [0.25, 0.3) is 0 Å². The van der Waals surface area contributed by atoms with Crippen molar-refractivity contribution in [3.8, 4) is 0 Å². The number of anilines is 1. The van der Waals surface area contributed by atoms with Gasteiger partial charge in [-0.1, -0.05) is 19.1 Å². The molecule has 0 bridgehead atoms. The lowest BCUT2D eigenvalue weighted by atomic mass is 9.90. The largest absolute Gasteiger partial charge is 0.464 e. The molecule has 0 aliphatic heterocycles. The molecular weight excluding hydrogens is 360 g/mol. The van der Waals surface area contributed by atoms with Gasteiger partial charge in [-0.15, -0.1) is 0 Å². The number of benzene rings is 1. The predicted octanol–water partition coefficient (Wildman–Crippen LogP) is 2.83. The Morgan fingerprint density at radius 3 is 1.82 bits per heavy atom. The van der Waals surface area contributed by atoms with E-state index in [1.165, 1.54) is 6.92 Å². The van der Waals surface area contributed by atoms with Gasteiger partial charge in [-0.2, -0.15) is 0 Å². The quantitative estimate of drug-likeness (QED) is 0.470. The van der Waals surface area contributed by atoms with Crippen LogP contribution in [0.25, 0.3) is 0 Å². The topological polar surface area (TPSA) is 93.7 Å². The number of esters is 2. The number of hydrogen-bond donors (Lipinski definition) is 2. The molecule has 0 saturated heterocycles. The van der Waals surface area contributed by atoms with E-state index in [1.807, 2.05) is 24.3 Å². The Balaban J connectivity index is 3.22. The molecular formula is C21H32N2O5. The van der Waals surface area contributed by atoms with E-state index in [2.05, 4.69) is 31.4 Å². The number of hydrogen-bond acceptors (Lipinski definition) is 6. The van der Waals surface area contributed by atoms with E-state index in [0.29, 0.717) is 5.56 Å². The second-order valence-corrected chi connectivity index (χ2v) is 7.26. The van der Waals surface area contributed by atoms with E-state index in [9.17, 15) is 14.4 Å². The summed E-state index contributed by atoms with van der Waals surface area (Å²) < 4.78 is 10.2. The molecule has 7 nitrogen and oxygen atoms in total. The van der Waals surface area contributed by atoms with Gasteiger partial charge in [-0.05, 0) is 51.8 Å². The molecule has 1 aromatic carbocycles. The van der Waals surface area contributed by atoms with E-state index in [-0.39, 0.29) is 25.2 Å². The number of carbonyl (C=O) groups is 3. The highest BCUT2D eigenvalue weighted by atomic mass is 16.6. The Kier molecular flexibility index (Phi) is 8.47. The first-order valence-corrected chi connectivity index (χ1v) is 9.60. The van der Waals surface area contributed by atoms with Crippen LogP contribution in [0.1, 0.15) is 53.5 Å². The van der Waals surface area contributed by atoms with E-state index in [4.69, 9.17) is 9.47 Å². The Morgan fingerprint density at radius 1 is 0.929 bits per heavy atom. The highest BCUT2D eigenvalue weighted by Gasteiger charge is 2.50. The fourth-order valence-electron chi connectivity index (χ4n) is 2.67. The molecule has 0 atom stereocenters. The van der Waals surface area contributed by atoms with Crippen LogP contribution in [-0.4, -0.2) is 42.1 Å². The smallest absolute Gasteiger partial charge is 0.344 e. The van der Waals surface area contributed by atoms with Crippen LogP contribution in [0.2, 0.25) is 0 Å². The van der Waals surface area contributed by atoms with Crippen molar-refractivity contribution in [3.05, 3.63) is 29.8 Å². The summed E-state index contributed by atoms with van der Waals surface area (Å²) in [6.07, 6.45) is 0.883. The summed E-state index contributed by atoms with van der Waals surface area (Å²) in [7, 11) is 0. The minimum absolute atomic E-state index is 0.0582. The van der Waals surface area contributed by atoms with Crippen LogP contribution in [0.15, 0.2) is 24.3 Å². The first kappa shape index (κ1) is 23.5. The third-order valence-electron chi connectivity index (χ3n) is 4.43. The van der Waals surface area contributed by atoms with Gasteiger partial charge in [-0.25, -0.2) is 9.59 Å². The molecule has 1 rings (SSSR count). The Hall–Kier alpha value is -2.57. The first-order valence-electron chi connectivity index (χ1n) is 9.60. The van der Waals surface area contributed by atoms with E-state index < -0.39 is 23.4 Å². The normalized spacial score (nSPS) is 11.5. The third-order valence-corrected chi connectivity index (χ3v) is 4.43. The van der Waals surface area contributed by atoms with E-state index >= 15 is 0 Å². The third kappa shape index (κ3) is 6.25. The molecule has 7 heteroatoms. The van der Waals surface area contributed by atoms with Gasteiger partial charge in [0.2, 0.25) is 11.4 Å². The standard InChI is InChI=1S/C21H32N2O5/c1-7-20(5,6)23-17-12-10-16(11-13-17)14-21(22-15(4)24,18(25)27-8-2)19(26)28-9-3/h10-13,23H,7-9,14H2,1-6H3,(H,22,24). The molecule has 0 aliphatic carbocycles. The van der Waals surface area contributed by atoms with Crippen LogP contribution in [0, 0.1) is 0 Å². The molecule has 0 radical (unpaired) electrons. The zero-order valence-corrected chi connectivity index (χ0v) is 17.7. The van der Waals surface area contributed by atoms with Crippen molar-refractivity contribution < 1.29 is 23.9 Å². The number of ether oxygens (including phenoxy) is 2. The van der Waals surface area contributed by atoms with Crippen molar-refractivity contribution >= 4 is 23.5 Å². The molecule has 0 fully saturated rings. The number of rotatable bonds is 10. The van der Waals surface area contributed by atoms with Gasteiger partial charge in [0.15, 0.2) is 0 Å². The molecule has 1 amide bonds. The molecule has 156 valence electrons. The van der Waals surface area contributed by atoms with Crippen LogP contribution in [0.4, 0.5) is 5.69 Å². The van der Waals surface area contributed by atoms with Gasteiger partial charge in [0.1, 0.15) is 0 Å². The summed E-state index contributed by atoms with van der Waals surface area (Å²) in [4.78, 5) is 37.1. The maximum absolute atomic E-state index is 12.7. The number of nitrogens with one attached hydrogen (secondary N) is 2. The van der Waals surface area contributed by atoms with Gasteiger partial charge < -0.3 is 20.1 Å². The number of carbonyl (C=O) groups excluding carboxylic acids is 3. The summed E-state index contributed by atoms with van der Waals surface area (Å²) in [5, 5.41) is 5.89. The molecule has 0 saturated carbocycles. The highest BCUT2D eigenvalue weighted by Crippen LogP contribution is 2.22. The maximum Gasteiger partial charge on any atom is 0.344 e. The Labute approximate surface area is 167 Å². The summed E-state index contributed by atoms with van der Waals surface area (Å²) in [6, 6.07) is 7.37. The summed E-state index contributed by atoms with van der Waals surface area (Å²) in [6.45, 7) is 11.0. The molecule has 0 unspecified atom stereocenters. The number of amides is 1. The van der Waals surface area contributed by atoms with Crippen molar-refractivity contribution in [2.24, 2.45) is 0 Å². The van der Waals surface area contributed by atoms with Crippen LogP contribution >= 0.6 is 0 Å². The highest BCUT2D eigenvalue weighted by molar-refractivity contribution is 6.08. The van der Waals surface area contributed by atoms with Gasteiger partial charge >= 0.3 is 11.9 Å². The molecule has 2 N–H and O–H groups in total. The molecule has 0 aromatic heterocycles. The average Bonchev–Trinajstić information content (AvgIpc) is 2.62. The van der Waals surface area contributed by atoms with Crippen molar-refractivity contribution in [3.63, 3.8) is 0 Å². The average molecular weight is 392 g/mol. The lowest BCUT2D eigenvalue weighted by Gasteiger charge is -2.30. The SMILES string of the molecule is CCOC(=O)C(Cc1ccc(NC(C)(C)CC)cc1)(NC(C)=O)C(=O)OCC. The lowest BCUT2D eigenvalue weighted by Crippen LogP contribution is -2.62. The first-order chi connectivity index (χ1) is 13.1. The van der Waals surface area contributed by atoms with E-state index in [1.54, 1.807) is 13.8 Å². The monoisotopic (exact) mass is 392 g/mol. The van der Waals surface area contributed by atoms with Crippen LogP contribution in [-0.2, 0) is 30.3 Å². The van der Waals surface area contributed by atoms with Gasteiger partial charge in [0, 0.05) is 24.6 Å². The lowest BCUT2D eigenvalue weighted by molar-refractivity contribution is -0.168. The van der Waals surface area contributed by atoms with Crippen molar-refractivity contribution in [2.45, 2.75) is 65.5 Å². The fourth-order valence-corrected chi connectivity index (χ4v) is 2.67. The Morgan fingerprint density at radius 2 is 1.43 bits per heavy atom. The maximum atomic E-state index is 12.7. The zero-order valence-electron chi connectivity index (χ0n) is 17.7. The van der Waals surface area contributed by atoms with E-state index in [0.717, 1.165) is 12.1 Å². The Bertz CT molecular complexity index is 665.